The Kier molecular flexibility index (Phi) is 4.30. The van der Waals surface area contributed by atoms with Gasteiger partial charge < -0.3 is 20.1 Å². The van der Waals surface area contributed by atoms with Crippen LogP contribution in [0.1, 0.15) is 13.3 Å². The SMILES string of the molecule is CCCNC(=O)Nc1cc2c(cc1Br)OCCO2. The van der Waals surface area contributed by atoms with E-state index < -0.39 is 0 Å². The molecule has 2 N–H and O–H groups in total. The number of amides is 2. The van der Waals surface area contributed by atoms with Gasteiger partial charge in [0.2, 0.25) is 0 Å². The Hall–Kier alpha value is -1.43. The van der Waals surface area contributed by atoms with Crippen LogP contribution in [0.5, 0.6) is 11.5 Å². The molecule has 2 rings (SSSR count). The molecule has 1 aromatic carbocycles. The molecule has 0 spiro atoms. The molecule has 0 radical (unpaired) electrons. The first-order chi connectivity index (χ1) is 8.70. The van der Waals surface area contributed by atoms with Crippen LogP contribution in [0.25, 0.3) is 0 Å². The number of nitrogens with one attached hydrogen (secondary N) is 2. The van der Waals surface area contributed by atoms with Crippen LogP contribution in [0.4, 0.5) is 10.5 Å². The van der Waals surface area contributed by atoms with E-state index in [0.29, 0.717) is 36.9 Å². The summed E-state index contributed by atoms with van der Waals surface area (Å²) < 4.78 is 11.7. The van der Waals surface area contributed by atoms with Crippen LogP contribution in [0.15, 0.2) is 16.6 Å². The zero-order valence-corrected chi connectivity index (χ0v) is 11.7. The Morgan fingerprint density at radius 1 is 1.33 bits per heavy atom. The van der Waals surface area contributed by atoms with Crippen LogP contribution in [-0.2, 0) is 0 Å². The second kappa shape index (κ2) is 5.95. The van der Waals surface area contributed by atoms with Crippen molar-refractivity contribution in [1.82, 2.24) is 5.32 Å². The number of halogens is 1. The van der Waals surface area contributed by atoms with Crippen LogP contribution in [-0.4, -0.2) is 25.8 Å². The first-order valence-electron chi connectivity index (χ1n) is 5.84. The second-order valence-corrected chi connectivity index (χ2v) is 4.71. The fraction of sp³-hybridized carbons (Fsp3) is 0.417. The lowest BCUT2D eigenvalue weighted by atomic mass is 10.2. The van der Waals surface area contributed by atoms with Crippen molar-refractivity contribution < 1.29 is 14.3 Å². The molecule has 0 saturated carbocycles. The number of anilines is 1. The summed E-state index contributed by atoms with van der Waals surface area (Å²) in [6.45, 7) is 3.72. The molecule has 1 aromatic rings. The molecule has 0 fully saturated rings. The summed E-state index contributed by atoms with van der Waals surface area (Å²) in [6, 6.07) is 3.32. The zero-order valence-electron chi connectivity index (χ0n) is 10.1. The molecule has 5 nitrogen and oxygen atoms in total. The van der Waals surface area contributed by atoms with E-state index in [9.17, 15) is 4.79 Å². The quantitative estimate of drug-likeness (QED) is 0.902. The van der Waals surface area contributed by atoms with Gasteiger partial charge in [0.25, 0.3) is 0 Å². The van der Waals surface area contributed by atoms with Crippen molar-refractivity contribution >= 4 is 27.6 Å². The van der Waals surface area contributed by atoms with Crippen molar-refractivity contribution in [2.45, 2.75) is 13.3 Å². The first-order valence-corrected chi connectivity index (χ1v) is 6.64. The lowest BCUT2D eigenvalue weighted by Gasteiger charge is -2.20. The minimum atomic E-state index is -0.228. The molecular formula is C12H15BrN2O3. The molecule has 0 unspecified atom stereocenters. The van der Waals surface area contributed by atoms with E-state index in [2.05, 4.69) is 26.6 Å². The number of urea groups is 1. The predicted octanol–water partition coefficient (Wildman–Crippen LogP) is 2.75. The molecule has 6 heteroatoms. The maximum atomic E-state index is 11.6. The average Bonchev–Trinajstić information content (AvgIpc) is 2.37. The van der Waals surface area contributed by atoms with Gasteiger partial charge in [-0.05, 0) is 22.4 Å². The van der Waals surface area contributed by atoms with Gasteiger partial charge in [-0.25, -0.2) is 4.79 Å². The Morgan fingerprint density at radius 2 is 2.00 bits per heavy atom. The lowest BCUT2D eigenvalue weighted by molar-refractivity contribution is 0.171. The molecule has 1 heterocycles. The van der Waals surface area contributed by atoms with Crippen LogP contribution >= 0.6 is 15.9 Å². The van der Waals surface area contributed by atoms with Gasteiger partial charge >= 0.3 is 6.03 Å². The van der Waals surface area contributed by atoms with Crippen LogP contribution in [0.2, 0.25) is 0 Å². The minimum absolute atomic E-state index is 0.228. The molecule has 98 valence electrons. The summed E-state index contributed by atoms with van der Waals surface area (Å²) in [6.07, 6.45) is 0.899. The summed E-state index contributed by atoms with van der Waals surface area (Å²) >= 11 is 3.39. The van der Waals surface area contributed by atoms with Gasteiger partial charge in [-0.15, -0.1) is 0 Å². The number of hydrogen-bond donors (Lipinski definition) is 2. The van der Waals surface area contributed by atoms with E-state index >= 15 is 0 Å². The van der Waals surface area contributed by atoms with E-state index in [4.69, 9.17) is 9.47 Å². The van der Waals surface area contributed by atoms with Gasteiger partial charge in [0.15, 0.2) is 11.5 Å². The Bertz CT molecular complexity index is 451. The summed E-state index contributed by atoms with van der Waals surface area (Å²) in [4.78, 5) is 11.6. The fourth-order valence-electron chi connectivity index (χ4n) is 1.56. The Labute approximate surface area is 114 Å². The number of hydrogen-bond acceptors (Lipinski definition) is 3. The smallest absolute Gasteiger partial charge is 0.319 e. The van der Waals surface area contributed by atoms with Gasteiger partial charge in [0.1, 0.15) is 13.2 Å². The highest BCUT2D eigenvalue weighted by atomic mass is 79.9. The standard InChI is InChI=1S/C12H15BrN2O3/c1-2-3-14-12(16)15-9-7-11-10(6-8(9)13)17-4-5-18-11/h6-7H,2-5H2,1H3,(H2,14,15,16). The maximum absolute atomic E-state index is 11.6. The van der Waals surface area contributed by atoms with Crippen molar-refractivity contribution in [3.8, 4) is 11.5 Å². The largest absolute Gasteiger partial charge is 0.486 e. The zero-order chi connectivity index (χ0) is 13.0. The van der Waals surface area contributed by atoms with Crippen LogP contribution in [0, 0.1) is 0 Å². The Morgan fingerprint density at radius 3 is 2.67 bits per heavy atom. The van der Waals surface area contributed by atoms with E-state index in [1.807, 2.05) is 6.92 Å². The fourth-order valence-corrected chi connectivity index (χ4v) is 1.99. The highest BCUT2D eigenvalue weighted by Gasteiger charge is 2.15. The van der Waals surface area contributed by atoms with Crippen LogP contribution < -0.4 is 20.1 Å². The van der Waals surface area contributed by atoms with Crippen molar-refractivity contribution in [3.63, 3.8) is 0 Å². The molecule has 0 aromatic heterocycles. The number of rotatable bonds is 3. The van der Waals surface area contributed by atoms with Crippen molar-refractivity contribution in [2.75, 3.05) is 25.1 Å². The van der Waals surface area contributed by atoms with Crippen LogP contribution in [0.3, 0.4) is 0 Å². The molecule has 0 aliphatic carbocycles. The summed E-state index contributed by atoms with van der Waals surface area (Å²) in [5, 5.41) is 5.51. The van der Waals surface area contributed by atoms with Crippen molar-refractivity contribution in [3.05, 3.63) is 16.6 Å². The van der Waals surface area contributed by atoms with E-state index in [-0.39, 0.29) is 6.03 Å². The van der Waals surface area contributed by atoms with Gasteiger partial charge in [-0.2, -0.15) is 0 Å². The van der Waals surface area contributed by atoms with Gasteiger partial charge in [0, 0.05) is 23.2 Å². The first kappa shape index (κ1) is 13.0. The number of ether oxygens (including phenoxy) is 2. The Balaban J connectivity index is 2.10. The van der Waals surface area contributed by atoms with E-state index in [0.717, 1.165) is 10.9 Å². The molecule has 0 atom stereocenters. The monoisotopic (exact) mass is 314 g/mol. The predicted molar refractivity (Wildman–Crippen MR) is 72.4 cm³/mol. The molecule has 0 bridgehead atoms. The molecule has 0 saturated heterocycles. The summed E-state index contributed by atoms with van der Waals surface area (Å²) in [5.74, 6) is 1.34. The molecule has 2 amide bonds. The third-order valence-electron chi connectivity index (χ3n) is 2.42. The number of carbonyl (C=O) groups excluding carboxylic acids is 1. The highest BCUT2D eigenvalue weighted by molar-refractivity contribution is 9.10. The molecule has 1 aliphatic rings. The molecular weight excluding hydrogens is 300 g/mol. The topological polar surface area (TPSA) is 59.6 Å². The third-order valence-corrected chi connectivity index (χ3v) is 3.07. The van der Waals surface area contributed by atoms with E-state index in [1.165, 1.54) is 0 Å². The van der Waals surface area contributed by atoms with Gasteiger partial charge in [0.05, 0.1) is 5.69 Å². The molecule has 18 heavy (non-hydrogen) atoms. The normalized spacial score (nSPS) is 13.0. The second-order valence-electron chi connectivity index (χ2n) is 3.86. The van der Waals surface area contributed by atoms with Gasteiger partial charge in [-0.1, -0.05) is 6.92 Å². The number of carbonyl (C=O) groups is 1. The highest BCUT2D eigenvalue weighted by Crippen LogP contribution is 2.37. The number of fused-ring (bicyclic) bond motifs is 1. The third kappa shape index (κ3) is 3.07. The average molecular weight is 315 g/mol. The number of benzene rings is 1. The van der Waals surface area contributed by atoms with Crippen molar-refractivity contribution in [2.24, 2.45) is 0 Å². The summed E-state index contributed by atoms with van der Waals surface area (Å²) in [7, 11) is 0. The maximum Gasteiger partial charge on any atom is 0.319 e. The minimum Gasteiger partial charge on any atom is -0.486 e. The lowest BCUT2D eigenvalue weighted by Crippen LogP contribution is -2.29. The van der Waals surface area contributed by atoms with E-state index in [1.54, 1.807) is 12.1 Å². The van der Waals surface area contributed by atoms with Gasteiger partial charge in [-0.3, -0.25) is 0 Å². The summed E-state index contributed by atoms with van der Waals surface area (Å²) in [5.41, 5.74) is 0.660. The molecule has 1 aliphatic heterocycles. The van der Waals surface area contributed by atoms with Crippen molar-refractivity contribution in [1.29, 1.82) is 0 Å².